The van der Waals surface area contributed by atoms with Gasteiger partial charge < -0.3 is 19.3 Å². The number of benzene rings is 3. The van der Waals surface area contributed by atoms with Crippen molar-refractivity contribution in [2.24, 2.45) is 5.41 Å². The number of rotatable bonds is 10. The molecule has 0 unspecified atom stereocenters. The fourth-order valence-corrected chi connectivity index (χ4v) is 4.89. The van der Waals surface area contributed by atoms with E-state index in [4.69, 9.17) is 14.0 Å². The van der Waals surface area contributed by atoms with Gasteiger partial charge in [0.2, 0.25) is 11.8 Å². The highest BCUT2D eigenvalue weighted by Gasteiger charge is 2.39. The van der Waals surface area contributed by atoms with Crippen LogP contribution in [0.1, 0.15) is 55.5 Å². The van der Waals surface area contributed by atoms with E-state index in [2.05, 4.69) is 10.5 Å². The number of cyclic esters (lactones) is 1. The minimum absolute atomic E-state index is 0.0141. The van der Waals surface area contributed by atoms with Crippen molar-refractivity contribution < 1.29 is 28.4 Å². The lowest BCUT2D eigenvalue weighted by molar-refractivity contribution is -0.129. The zero-order valence-electron chi connectivity index (χ0n) is 24.5. The quantitative estimate of drug-likeness (QED) is 0.232. The van der Waals surface area contributed by atoms with E-state index < -0.39 is 17.4 Å². The molecular formula is C34H35N3O6. The molecule has 0 saturated carbocycles. The molecule has 3 aromatic carbocycles. The predicted molar refractivity (Wildman–Crippen MR) is 160 cm³/mol. The van der Waals surface area contributed by atoms with E-state index in [0.717, 1.165) is 16.7 Å². The van der Waals surface area contributed by atoms with Gasteiger partial charge in [-0.1, -0.05) is 80.5 Å². The van der Waals surface area contributed by atoms with Gasteiger partial charge in [0, 0.05) is 29.5 Å². The molecule has 5 rings (SSSR count). The number of hydrogen-bond donors (Lipinski definition) is 1. The third-order valence-electron chi connectivity index (χ3n) is 7.29. The molecular weight excluding hydrogens is 546 g/mol. The predicted octanol–water partition coefficient (Wildman–Crippen LogP) is 6.35. The van der Waals surface area contributed by atoms with E-state index in [9.17, 15) is 14.4 Å². The van der Waals surface area contributed by atoms with E-state index in [1.807, 2.05) is 99.6 Å². The number of hydrogen-bond acceptors (Lipinski definition) is 7. The Morgan fingerprint density at radius 3 is 2.44 bits per heavy atom. The third-order valence-corrected chi connectivity index (χ3v) is 7.29. The van der Waals surface area contributed by atoms with Gasteiger partial charge in [-0.2, -0.15) is 0 Å². The van der Waals surface area contributed by atoms with Gasteiger partial charge in [-0.05, 0) is 47.4 Å². The maximum Gasteiger partial charge on any atom is 0.416 e. The lowest BCUT2D eigenvalue weighted by Gasteiger charge is -2.22. The van der Waals surface area contributed by atoms with Crippen LogP contribution in [0.2, 0.25) is 0 Å². The van der Waals surface area contributed by atoms with Crippen molar-refractivity contribution >= 4 is 23.6 Å². The van der Waals surface area contributed by atoms with Crippen LogP contribution in [0.5, 0.6) is 5.75 Å². The second-order valence-corrected chi connectivity index (χ2v) is 11.6. The van der Waals surface area contributed by atoms with Crippen molar-refractivity contribution in [2.45, 2.75) is 52.2 Å². The number of imide groups is 1. The monoisotopic (exact) mass is 581 g/mol. The molecule has 1 saturated heterocycles. The highest BCUT2D eigenvalue weighted by Crippen LogP contribution is 2.31. The molecule has 1 N–H and O–H groups in total. The second-order valence-electron chi connectivity index (χ2n) is 11.6. The van der Waals surface area contributed by atoms with Crippen LogP contribution in [0.3, 0.4) is 0 Å². The Morgan fingerprint density at radius 1 is 1.00 bits per heavy atom. The van der Waals surface area contributed by atoms with E-state index >= 15 is 0 Å². The molecule has 43 heavy (non-hydrogen) atoms. The normalized spacial score (nSPS) is 15.6. The summed E-state index contributed by atoms with van der Waals surface area (Å²) in [7, 11) is 0. The van der Waals surface area contributed by atoms with Gasteiger partial charge in [-0.3, -0.25) is 9.59 Å². The van der Waals surface area contributed by atoms with Gasteiger partial charge in [-0.15, -0.1) is 0 Å². The highest BCUT2D eigenvalue weighted by atomic mass is 16.6. The van der Waals surface area contributed by atoms with E-state index in [1.54, 1.807) is 6.07 Å². The fraction of sp³-hybridized carbons (Fsp3) is 0.294. The number of nitrogens with zero attached hydrogens (tertiary/aromatic N) is 2. The molecule has 0 spiro atoms. The topological polar surface area (TPSA) is 111 Å². The molecule has 3 amide bonds. The Hall–Kier alpha value is -4.92. The van der Waals surface area contributed by atoms with Crippen LogP contribution < -0.4 is 10.1 Å². The summed E-state index contributed by atoms with van der Waals surface area (Å²) in [6.45, 7) is 6.07. The van der Waals surface area contributed by atoms with Crippen molar-refractivity contribution in [1.29, 1.82) is 0 Å². The summed E-state index contributed by atoms with van der Waals surface area (Å²) >= 11 is 0. The number of carbonyl (C=O) groups is 3. The zero-order chi connectivity index (χ0) is 30.4. The Labute approximate surface area is 250 Å². The lowest BCUT2D eigenvalue weighted by Crippen LogP contribution is -2.40. The van der Waals surface area contributed by atoms with Gasteiger partial charge in [0.25, 0.3) is 0 Å². The van der Waals surface area contributed by atoms with Gasteiger partial charge in [0.05, 0.1) is 11.7 Å². The van der Waals surface area contributed by atoms with E-state index in [-0.39, 0.29) is 30.9 Å². The number of amides is 3. The molecule has 0 bridgehead atoms. The summed E-state index contributed by atoms with van der Waals surface area (Å²) in [5, 5.41) is 7.04. The SMILES string of the molecule is CC(C)(C)C(=O)Nc1cccc(COc2ccc([C@H](CC(=O)N3C(=O)OC[C@@H]3Cc3ccccc3)c3ccon3)cc2)c1. The molecule has 1 fully saturated rings. The van der Waals surface area contributed by atoms with Crippen LogP contribution in [-0.2, 0) is 27.4 Å². The maximum atomic E-state index is 13.5. The summed E-state index contributed by atoms with van der Waals surface area (Å²) in [6, 6.07) is 26.0. The zero-order valence-corrected chi connectivity index (χ0v) is 24.5. The number of anilines is 1. The van der Waals surface area contributed by atoms with Crippen LogP contribution >= 0.6 is 0 Å². The Morgan fingerprint density at radius 2 is 1.74 bits per heavy atom. The molecule has 0 radical (unpaired) electrons. The largest absolute Gasteiger partial charge is 0.489 e. The first-order valence-electron chi connectivity index (χ1n) is 14.2. The summed E-state index contributed by atoms with van der Waals surface area (Å²) in [5.74, 6) is -0.192. The molecule has 9 nitrogen and oxygen atoms in total. The highest BCUT2D eigenvalue weighted by molar-refractivity contribution is 5.95. The fourth-order valence-electron chi connectivity index (χ4n) is 4.89. The summed E-state index contributed by atoms with van der Waals surface area (Å²) < 4.78 is 16.4. The van der Waals surface area contributed by atoms with Crippen molar-refractivity contribution in [3.8, 4) is 5.75 Å². The van der Waals surface area contributed by atoms with Crippen molar-refractivity contribution in [3.63, 3.8) is 0 Å². The first kappa shape index (κ1) is 29.6. The van der Waals surface area contributed by atoms with Crippen LogP contribution in [0.15, 0.2) is 95.7 Å². The first-order chi connectivity index (χ1) is 20.7. The van der Waals surface area contributed by atoms with Crippen molar-refractivity contribution in [1.82, 2.24) is 10.1 Å². The van der Waals surface area contributed by atoms with E-state index in [0.29, 0.717) is 30.2 Å². The molecule has 2 atom stereocenters. The van der Waals surface area contributed by atoms with Gasteiger partial charge in [0.15, 0.2) is 0 Å². The molecule has 4 aromatic rings. The number of nitrogens with one attached hydrogen (secondary N) is 1. The maximum absolute atomic E-state index is 13.5. The molecule has 9 heteroatoms. The average molecular weight is 582 g/mol. The third kappa shape index (κ3) is 7.48. The molecule has 1 aliphatic heterocycles. The second kappa shape index (κ2) is 12.9. The van der Waals surface area contributed by atoms with Crippen LogP contribution in [0.25, 0.3) is 0 Å². The molecule has 2 heterocycles. The van der Waals surface area contributed by atoms with Gasteiger partial charge >= 0.3 is 6.09 Å². The van der Waals surface area contributed by atoms with Crippen LogP contribution in [-0.4, -0.2) is 40.6 Å². The van der Waals surface area contributed by atoms with Gasteiger partial charge in [-0.25, -0.2) is 9.69 Å². The minimum Gasteiger partial charge on any atom is -0.489 e. The molecule has 1 aliphatic rings. The Bertz CT molecular complexity index is 1550. The molecule has 222 valence electrons. The summed E-state index contributed by atoms with van der Waals surface area (Å²) in [4.78, 5) is 39.7. The number of aromatic nitrogens is 1. The van der Waals surface area contributed by atoms with Crippen molar-refractivity contribution in [3.05, 3.63) is 114 Å². The Kier molecular flexibility index (Phi) is 8.90. The summed E-state index contributed by atoms with van der Waals surface area (Å²) in [6.07, 6.45) is 1.37. The van der Waals surface area contributed by atoms with Crippen LogP contribution in [0.4, 0.5) is 10.5 Å². The molecule has 0 aliphatic carbocycles. The Balaban J connectivity index is 1.25. The summed E-state index contributed by atoms with van der Waals surface area (Å²) in [5.41, 5.74) is 3.56. The van der Waals surface area contributed by atoms with Crippen LogP contribution in [0, 0.1) is 5.41 Å². The number of ether oxygens (including phenoxy) is 2. The lowest BCUT2D eigenvalue weighted by atomic mass is 9.91. The average Bonchev–Trinajstić information content (AvgIpc) is 3.65. The molecule has 1 aromatic heterocycles. The van der Waals surface area contributed by atoms with E-state index in [1.165, 1.54) is 11.2 Å². The standard InChI is InChI=1S/C34H35N3O6/c1-34(2,3)32(39)35-26-11-7-10-24(18-26)21-41-28-14-12-25(13-15-28)29(30-16-17-43-36-30)20-31(38)37-27(22-42-33(37)40)19-23-8-5-4-6-9-23/h4-18,27,29H,19-22H2,1-3H3,(H,35,39)/t27-,29-/m0/s1. The number of carbonyl (C=O) groups excluding carboxylic acids is 3. The van der Waals surface area contributed by atoms with Crippen molar-refractivity contribution in [2.75, 3.05) is 11.9 Å². The first-order valence-corrected chi connectivity index (χ1v) is 14.2. The smallest absolute Gasteiger partial charge is 0.416 e. The van der Waals surface area contributed by atoms with Gasteiger partial charge in [0.1, 0.15) is 25.2 Å². The minimum atomic E-state index is -0.629.